The van der Waals surface area contributed by atoms with Crippen LogP contribution in [0.2, 0.25) is 0 Å². The van der Waals surface area contributed by atoms with Crippen LogP contribution in [-0.2, 0) is 4.79 Å². The van der Waals surface area contributed by atoms with Crippen molar-refractivity contribution in [3.63, 3.8) is 0 Å². The molecule has 1 atom stereocenters. The molecule has 7 heteroatoms. The molecule has 1 N–H and O–H groups in total. The highest BCUT2D eigenvalue weighted by molar-refractivity contribution is 5.78. The fraction of sp³-hybridized carbons (Fsp3) is 0.100. The van der Waals surface area contributed by atoms with Crippen molar-refractivity contribution in [1.29, 1.82) is 0 Å². The molecule has 0 fully saturated rings. The molecule has 3 rings (SSSR count). The first kappa shape index (κ1) is 18.1. The van der Waals surface area contributed by atoms with Crippen LogP contribution < -0.4 is 10.1 Å². The van der Waals surface area contributed by atoms with Gasteiger partial charge in [0.05, 0.1) is 16.7 Å². The minimum absolute atomic E-state index is 0.0479. The van der Waals surface area contributed by atoms with Crippen LogP contribution in [-0.4, -0.2) is 22.4 Å². The van der Waals surface area contributed by atoms with Gasteiger partial charge in [-0.15, -0.1) is 0 Å². The molecule has 0 aliphatic heterocycles. The Morgan fingerprint density at radius 1 is 1.04 bits per heavy atom. The third-order valence-corrected chi connectivity index (χ3v) is 3.84. The molecule has 136 valence electrons. The van der Waals surface area contributed by atoms with Gasteiger partial charge < -0.3 is 10.1 Å². The first-order chi connectivity index (χ1) is 13.1. The number of nitro benzene ring substituents is 1. The molecule has 0 saturated heterocycles. The van der Waals surface area contributed by atoms with Crippen molar-refractivity contribution in [2.24, 2.45) is 0 Å². The molecule has 0 aliphatic carbocycles. The van der Waals surface area contributed by atoms with Crippen molar-refractivity contribution >= 4 is 11.6 Å². The summed E-state index contributed by atoms with van der Waals surface area (Å²) in [5.41, 5.74) is 1.37. The van der Waals surface area contributed by atoms with E-state index in [1.807, 2.05) is 42.5 Å². The van der Waals surface area contributed by atoms with Gasteiger partial charge in [-0.05, 0) is 23.8 Å². The minimum Gasteiger partial charge on any atom is -0.477 e. The van der Waals surface area contributed by atoms with Crippen LogP contribution in [0.15, 0.2) is 79.0 Å². The number of carbonyl (C=O) groups excluding carboxylic acids is 1. The van der Waals surface area contributed by atoms with Crippen molar-refractivity contribution in [3.05, 3.63) is 100 Å². The van der Waals surface area contributed by atoms with Gasteiger partial charge >= 0.3 is 5.69 Å². The Hall–Kier alpha value is -3.74. The van der Waals surface area contributed by atoms with E-state index in [0.29, 0.717) is 5.69 Å². The summed E-state index contributed by atoms with van der Waals surface area (Å²) in [6.45, 7) is -0.346. The molecule has 1 unspecified atom stereocenters. The number of rotatable bonds is 7. The lowest BCUT2D eigenvalue weighted by molar-refractivity contribution is -0.385. The van der Waals surface area contributed by atoms with Gasteiger partial charge in [0, 0.05) is 12.3 Å². The maximum Gasteiger partial charge on any atom is 0.310 e. The summed E-state index contributed by atoms with van der Waals surface area (Å²) in [4.78, 5) is 27.2. The Morgan fingerprint density at radius 3 is 2.44 bits per heavy atom. The van der Waals surface area contributed by atoms with Gasteiger partial charge in [0.2, 0.25) is 0 Å². The van der Waals surface area contributed by atoms with E-state index in [9.17, 15) is 14.9 Å². The number of nitro groups is 1. The topological polar surface area (TPSA) is 94.4 Å². The Bertz CT molecular complexity index is 877. The van der Waals surface area contributed by atoms with Crippen LogP contribution in [0, 0.1) is 10.1 Å². The largest absolute Gasteiger partial charge is 0.477 e. The summed E-state index contributed by atoms with van der Waals surface area (Å²) in [5.74, 6) is -0.362. The smallest absolute Gasteiger partial charge is 0.310 e. The summed E-state index contributed by atoms with van der Waals surface area (Å²) < 4.78 is 5.36. The van der Waals surface area contributed by atoms with Crippen molar-refractivity contribution in [2.45, 2.75) is 6.04 Å². The lowest BCUT2D eigenvalue weighted by atomic mass is 10.0. The normalized spacial score (nSPS) is 11.4. The summed E-state index contributed by atoms with van der Waals surface area (Å²) in [5, 5.41) is 13.9. The highest BCUT2D eigenvalue weighted by Gasteiger charge is 2.19. The number of carbonyl (C=O) groups is 1. The summed E-state index contributed by atoms with van der Waals surface area (Å²) in [6.07, 6.45) is 1.65. The summed E-state index contributed by atoms with van der Waals surface area (Å²) >= 11 is 0. The zero-order valence-electron chi connectivity index (χ0n) is 14.3. The third-order valence-electron chi connectivity index (χ3n) is 3.84. The highest BCUT2D eigenvalue weighted by atomic mass is 16.6. The number of nitrogens with one attached hydrogen (secondary N) is 1. The Labute approximate surface area is 155 Å². The van der Waals surface area contributed by atoms with Gasteiger partial charge in [0.25, 0.3) is 5.91 Å². The quantitative estimate of drug-likeness (QED) is 0.513. The van der Waals surface area contributed by atoms with E-state index in [-0.39, 0.29) is 18.0 Å². The standard InChI is InChI=1S/C20H17N3O4/c24-19(14-27-18-12-5-4-11-17(18)23(25)26)22-20(15-8-2-1-3-9-15)16-10-6-7-13-21-16/h1-13,20H,14H2,(H,22,24). The molecular weight excluding hydrogens is 346 g/mol. The van der Waals surface area contributed by atoms with E-state index in [1.54, 1.807) is 18.3 Å². The predicted molar refractivity (Wildman–Crippen MR) is 99.3 cm³/mol. The van der Waals surface area contributed by atoms with Crippen LogP contribution in [0.25, 0.3) is 0 Å². The van der Waals surface area contributed by atoms with Crippen LogP contribution in [0.3, 0.4) is 0 Å². The summed E-state index contributed by atoms with van der Waals surface area (Å²) in [6, 6.07) is 20.4. The molecule has 1 amide bonds. The van der Waals surface area contributed by atoms with E-state index in [1.165, 1.54) is 18.2 Å². The fourth-order valence-corrected chi connectivity index (χ4v) is 2.60. The molecule has 0 radical (unpaired) electrons. The maximum atomic E-state index is 12.4. The molecule has 0 spiro atoms. The molecule has 3 aromatic rings. The molecule has 0 aliphatic rings. The second kappa shape index (κ2) is 8.57. The number of ether oxygens (including phenoxy) is 1. The monoisotopic (exact) mass is 363 g/mol. The number of nitrogens with zero attached hydrogens (tertiary/aromatic N) is 2. The number of para-hydroxylation sites is 2. The van der Waals surface area contributed by atoms with Crippen LogP contribution in [0.1, 0.15) is 17.3 Å². The number of amides is 1. The van der Waals surface area contributed by atoms with E-state index >= 15 is 0 Å². The van der Waals surface area contributed by atoms with Crippen LogP contribution in [0.4, 0.5) is 5.69 Å². The lowest BCUT2D eigenvalue weighted by Crippen LogP contribution is -2.33. The highest BCUT2D eigenvalue weighted by Crippen LogP contribution is 2.26. The van der Waals surface area contributed by atoms with Gasteiger partial charge in [0.15, 0.2) is 12.4 Å². The molecule has 27 heavy (non-hydrogen) atoms. The minimum atomic E-state index is -0.548. The average molecular weight is 363 g/mol. The molecule has 1 aromatic heterocycles. The number of hydrogen-bond acceptors (Lipinski definition) is 5. The molecule has 7 nitrogen and oxygen atoms in total. The summed E-state index contributed by atoms with van der Waals surface area (Å²) in [7, 11) is 0. The molecule has 1 heterocycles. The lowest BCUT2D eigenvalue weighted by Gasteiger charge is -2.19. The fourth-order valence-electron chi connectivity index (χ4n) is 2.60. The zero-order chi connectivity index (χ0) is 19.1. The van der Waals surface area contributed by atoms with Crippen LogP contribution >= 0.6 is 0 Å². The maximum absolute atomic E-state index is 12.4. The number of pyridine rings is 1. The van der Waals surface area contributed by atoms with Crippen molar-refractivity contribution < 1.29 is 14.5 Å². The predicted octanol–water partition coefficient (Wildman–Crippen LogP) is 3.27. The number of benzene rings is 2. The number of aromatic nitrogens is 1. The second-order valence-corrected chi connectivity index (χ2v) is 5.68. The first-order valence-electron chi connectivity index (χ1n) is 8.26. The van der Waals surface area contributed by atoms with Gasteiger partial charge in [-0.2, -0.15) is 0 Å². The molecule has 2 aromatic carbocycles. The van der Waals surface area contributed by atoms with E-state index in [4.69, 9.17) is 4.74 Å². The molecule has 0 saturated carbocycles. The van der Waals surface area contributed by atoms with Crippen molar-refractivity contribution in [1.82, 2.24) is 10.3 Å². The van der Waals surface area contributed by atoms with Gasteiger partial charge in [0.1, 0.15) is 0 Å². The van der Waals surface area contributed by atoms with E-state index in [2.05, 4.69) is 10.3 Å². The van der Waals surface area contributed by atoms with E-state index < -0.39 is 16.9 Å². The zero-order valence-corrected chi connectivity index (χ0v) is 14.3. The Balaban J connectivity index is 1.73. The number of hydrogen-bond donors (Lipinski definition) is 1. The SMILES string of the molecule is O=C(COc1ccccc1[N+](=O)[O-])NC(c1ccccc1)c1ccccn1. The van der Waals surface area contributed by atoms with Gasteiger partial charge in [-0.3, -0.25) is 19.9 Å². The first-order valence-corrected chi connectivity index (χ1v) is 8.26. The van der Waals surface area contributed by atoms with E-state index in [0.717, 1.165) is 5.56 Å². The average Bonchev–Trinajstić information content (AvgIpc) is 2.72. The van der Waals surface area contributed by atoms with Gasteiger partial charge in [-0.25, -0.2) is 0 Å². The third kappa shape index (κ3) is 4.66. The van der Waals surface area contributed by atoms with Gasteiger partial charge in [-0.1, -0.05) is 48.5 Å². The Morgan fingerprint density at radius 2 is 1.74 bits per heavy atom. The Kier molecular flexibility index (Phi) is 5.73. The molecular formula is C20H17N3O4. The van der Waals surface area contributed by atoms with Crippen molar-refractivity contribution in [3.8, 4) is 5.75 Å². The molecule has 0 bridgehead atoms. The van der Waals surface area contributed by atoms with Crippen LogP contribution in [0.5, 0.6) is 5.75 Å². The van der Waals surface area contributed by atoms with Crippen molar-refractivity contribution in [2.75, 3.05) is 6.61 Å². The second-order valence-electron chi connectivity index (χ2n) is 5.68.